The van der Waals surface area contributed by atoms with Crippen LogP contribution in [0.5, 0.6) is 11.5 Å². The zero-order chi connectivity index (χ0) is 14.0. The molecule has 98 valence electrons. The molecule has 0 saturated heterocycles. The minimum atomic E-state index is -0.561. The highest BCUT2D eigenvalue weighted by molar-refractivity contribution is 5.97. The van der Waals surface area contributed by atoms with Crippen LogP contribution in [0.25, 0.3) is 0 Å². The van der Waals surface area contributed by atoms with Crippen molar-refractivity contribution in [1.82, 2.24) is 0 Å². The van der Waals surface area contributed by atoms with Crippen molar-refractivity contribution in [3.63, 3.8) is 0 Å². The minimum Gasteiger partial charge on any atom is -0.456 e. The van der Waals surface area contributed by atoms with Gasteiger partial charge in [0.15, 0.2) is 5.78 Å². The van der Waals surface area contributed by atoms with E-state index in [4.69, 9.17) is 4.74 Å². The second-order valence-corrected chi connectivity index (χ2v) is 4.52. The lowest BCUT2D eigenvalue weighted by Crippen LogP contribution is -2.01. The Labute approximate surface area is 111 Å². The Morgan fingerprint density at radius 2 is 1.84 bits per heavy atom. The van der Waals surface area contributed by atoms with Crippen molar-refractivity contribution in [2.75, 3.05) is 0 Å². The van der Waals surface area contributed by atoms with Gasteiger partial charge in [-0.05, 0) is 56.2 Å². The third kappa shape index (κ3) is 2.81. The monoisotopic (exact) mass is 258 g/mol. The molecule has 0 heterocycles. The molecule has 0 aromatic heterocycles. The lowest BCUT2D eigenvalue weighted by molar-refractivity contribution is 0.101. The average molecular weight is 258 g/mol. The molecular weight excluding hydrogens is 243 g/mol. The number of carbonyl (C=O) groups excluding carboxylic acids is 1. The van der Waals surface area contributed by atoms with Crippen molar-refractivity contribution in [1.29, 1.82) is 0 Å². The largest absolute Gasteiger partial charge is 0.456 e. The van der Waals surface area contributed by atoms with Crippen LogP contribution in [0.15, 0.2) is 36.4 Å². The quantitative estimate of drug-likeness (QED) is 0.761. The summed E-state index contributed by atoms with van der Waals surface area (Å²) < 4.78 is 19.3. The molecule has 0 spiro atoms. The summed E-state index contributed by atoms with van der Waals surface area (Å²) in [4.78, 5) is 11.5. The number of hydrogen-bond donors (Lipinski definition) is 0. The summed E-state index contributed by atoms with van der Waals surface area (Å²) >= 11 is 0. The van der Waals surface area contributed by atoms with E-state index >= 15 is 0 Å². The van der Waals surface area contributed by atoms with E-state index in [1.807, 2.05) is 26.0 Å². The molecule has 0 bridgehead atoms. The second kappa shape index (κ2) is 5.22. The fraction of sp³-hybridized carbons (Fsp3) is 0.188. The summed E-state index contributed by atoms with van der Waals surface area (Å²) in [6, 6.07) is 9.97. The van der Waals surface area contributed by atoms with E-state index in [-0.39, 0.29) is 17.1 Å². The first-order valence-corrected chi connectivity index (χ1v) is 6.03. The number of benzene rings is 2. The Hall–Kier alpha value is -2.16. The van der Waals surface area contributed by atoms with E-state index in [0.717, 1.165) is 11.1 Å². The number of Topliss-reactive ketones (excluding diaryl/α,β-unsaturated/α-hetero) is 1. The number of carbonyl (C=O) groups is 1. The number of ketones is 1. The Morgan fingerprint density at radius 3 is 2.47 bits per heavy atom. The van der Waals surface area contributed by atoms with Crippen LogP contribution in [-0.4, -0.2) is 5.78 Å². The number of halogens is 1. The fourth-order valence-corrected chi connectivity index (χ4v) is 1.84. The summed E-state index contributed by atoms with van der Waals surface area (Å²) in [5, 5.41) is 0. The molecule has 0 saturated carbocycles. The highest BCUT2D eigenvalue weighted by Crippen LogP contribution is 2.28. The summed E-state index contributed by atoms with van der Waals surface area (Å²) in [5.41, 5.74) is 2.22. The molecule has 0 aliphatic rings. The summed E-state index contributed by atoms with van der Waals surface area (Å²) in [5.74, 6) is -0.0716. The maximum atomic E-state index is 13.6. The molecule has 2 aromatic carbocycles. The molecular formula is C16H15FO2. The fourth-order valence-electron chi connectivity index (χ4n) is 1.84. The highest BCUT2D eigenvalue weighted by Gasteiger charge is 2.14. The van der Waals surface area contributed by atoms with Crippen molar-refractivity contribution in [3.05, 3.63) is 58.9 Å². The average Bonchev–Trinajstić information content (AvgIpc) is 2.33. The van der Waals surface area contributed by atoms with Gasteiger partial charge in [-0.3, -0.25) is 4.79 Å². The van der Waals surface area contributed by atoms with Crippen molar-refractivity contribution in [2.24, 2.45) is 0 Å². The molecule has 2 nitrogen and oxygen atoms in total. The molecule has 0 N–H and O–H groups in total. The summed E-state index contributed by atoms with van der Waals surface area (Å²) in [6.07, 6.45) is 0. The highest BCUT2D eigenvalue weighted by atomic mass is 19.1. The lowest BCUT2D eigenvalue weighted by atomic mass is 10.1. The molecule has 0 amide bonds. The number of ether oxygens (including phenoxy) is 1. The smallest absolute Gasteiger partial charge is 0.166 e. The normalized spacial score (nSPS) is 10.3. The van der Waals surface area contributed by atoms with Crippen molar-refractivity contribution in [2.45, 2.75) is 20.8 Å². The SMILES string of the molecule is CC(=O)c1c(F)cccc1Oc1ccc(C)c(C)c1. The number of rotatable bonds is 3. The Kier molecular flexibility index (Phi) is 3.65. The van der Waals surface area contributed by atoms with Gasteiger partial charge in [0.05, 0.1) is 5.56 Å². The van der Waals surface area contributed by atoms with Gasteiger partial charge in [0.2, 0.25) is 0 Å². The van der Waals surface area contributed by atoms with Gasteiger partial charge in [-0.1, -0.05) is 12.1 Å². The topological polar surface area (TPSA) is 26.3 Å². The molecule has 0 unspecified atom stereocenters. The lowest BCUT2D eigenvalue weighted by Gasteiger charge is -2.11. The molecule has 3 heteroatoms. The molecule has 2 aromatic rings. The summed E-state index contributed by atoms with van der Waals surface area (Å²) in [7, 11) is 0. The molecule has 19 heavy (non-hydrogen) atoms. The van der Waals surface area contributed by atoms with E-state index in [1.54, 1.807) is 12.1 Å². The van der Waals surface area contributed by atoms with Crippen LogP contribution in [0.3, 0.4) is 0 Å². The van der Waals surface area contributed by atoms with Crippen LogP contribution < -0.4 is 4.74 Å². The van der Waals surface area contributed by atoms with Crippen molar-refractivity contribution in [3.8, 4) is 11.5 Å². The Balaban J connectivity index is 2.40. The molecule has 0 fully saturated rings. The number of hydrogen-bond acceptors (Lipinski definition) is 2. The van der Waals surface area contributed by atoms with Crippen LogP contribution in [-0.2, 0) is 0 Å². The molecule has 0 aliphatic carbocycles. The Morgan fingerprint density at radius 1 is 1.11 bits per heavy atom. The van der Waals surface area contributed by atoms with E-state index in [1.165, 1.54) is 19.1 Å². The van der Waals surface area contributed by atoms with E-state index in [0.29, 0.717) is 5.75 Å². The van der Waals surface area contributed by atoms with Crippen LogP contribution in [0.4, 0.5) is 4.39 Å². The van der Waals surface area contributed by atoms with E-state index < -0.39 is 5.82 Å². The van der Waals surface area contributed by atoms with Gasteiger partial charge in [0.1, 0.15) is 17.3 Å². The van der Waals surface area contributed by atoms with E-state index in [9.17, 15) is 9.18 Å². The van der Waals surface area contributed by atoms with E-state index in [2.05, 4.69) is 0 Å². The molecule has 0 radical (unpaired) electrons. The first-order chi connectivity index (χ1) is 8.99. The first-order valence-electron chi connectivity index (χ1n) is 6.03. The zero-order valence-electron chi connectivity index (χ0n) is 11.2. The standard InChI is InChI=1S/C16H15FO2/c1-10-7-8-13(9-11(10)2)19-15-6-4-5-14(17)16(15)12(3)18/h4-9H,1-3H3. The third-order valence-electron chi connectivity index (χ3n) is 3.03. The zero-order valence-corrected chi connectivity index (χ0v) is 11.2. The van der Waals surface area contributed by atoms with Gasteiger partial charge >= 0.3 is 0 Å². The van der Waals surface area contributed by atoms with Crippen LogP contribution >= 0.6 is 0 Å². The Bertz CT molecular complexity index is 633. The summed E-state index contributed by atoms with van der Waals surface area (Å²) in [6.45, 7) is 5.30. The third-order valence-corrected chi connectivity index (χ3v) is 3.03. The number of aryl methyl sites for hydroxylation is 2. The van der Waals surface area contributed by atoms with Crippen molar-refractivity contribution < 1.29 is 13.9 Å². The van der Waals surface area contributed by atoms with Gasteiger partial charge in [-0.2, -0.15) is 0 Å². The van der Waals surface area contributed by atoms with Gasteiger partial charge in [-0.25, -0.2) is 4.39 Å². The predicted octanol–water partition coefficient (Wildman–Crippen LogP) is 4.44. The maximum absolute atomic E-state index is 13.6. The maximum Gasteiger partial charge on any atom is 0.166 e. The van der Waals surface area contributed by atoms with Gasteiger partial charge < -0.3 is 4.74 Å². The minimum absolute atomic E-state index is 0.0132. The molecule has 0 aliphatic heterocycles. The van der Waals surface area contributed by atoms with Crippen LogP contribution in [0.2, 0.25) is 0 Å². The van der Waals surface area contributed by atoms with Gasteiger partial charge in [-0.15, -0.1) is 0 Å². The van der Waals surface area contributed by atoms with Crippen LogP contribution in [0, 0.1) is 19.7 Å². The molecule has 0 atom stereocenters. The van der Waals surface area contributed by atoms with Crippen LogP contribution in [0.1, 0.15) is 28.4 Å². The van der Waals surface area contributed by atoms with Crippen molar-refractivity contribution >= 4 is 5.78 Å². The first kappa shape index (κ1) is 13.3. The van der Waals surface area contributed by atoms with Gasteiger partial charge in [0, 0.05) is 0 Å². The van der Waals surface area contributed by atoms with Gasteiger partial charge in [0.25, 0.3) is 0 Å². The second-order valence-electron chi connectivity index (χ2n) is 4.52. The molecule has 2 rings (SSSR count). The predicted molar refractivity (Wildman–Crippen MR) is 72.4 cm³/mol.